The minimum atomic E-state index is -4.64. The van der Waals surface area contributed by atoms with E-state index in [1.54, 1.807) is 12.1 Å². The molecule has 4 atom stereocenters. The third-order valence-electron chi connectivity index (χ3n) is 8.24. The highest BCUT2D eigenvalue weighted by molar-refractivity contribution is 7.92. The van der Waals surface area contributed by atoms with Crippen LogP contribution in [0.4, 0.5) is 18.9 Å². The number of unbranched alkanes of at least 4 members (excludes halogenated alkanes) is 1. The molecule has 1 fully saturated rings. The minimum Gasteiger partial charge on any atom is -0.350 e. The molecular formula is C34H45F3N3O5S+. The Morgan fingerprint density at radius 3 is 2.37 bits per heavy atom. The summed E-state index contributed by atoms with van der Waals surface area (Å²) in [6.45, 7) is 5.61. The Labute approximate surface area is 270 Å². The summed E-state index contributed by atoms with van der Waals surface area (Å²) in [4.78, 5) is 24.1. The number of aryl methyl sites for hydroxylation is 1. The number of quaternary nitrogens is 1. The van der Waals surface area contributed by atoms with Gasteiger partial charge in [0.2, 0.25) is 6.29 Å². The van der Waals surface area contributed by atoms with Crippen molar-refractivity contribution < 1.29 is 40.6 Å². The van der Waals surface area contributed by atoms with E-state index in [4.69, 9.17) is 9.57 Å². The van der Waals surface area contributed by atoms with Crippen LogP contribution in [0.25, 0.3) is 0 Å². The van der Waals surface area contributed by atoms with Crippen LogP contribution in [0.15, 0.2) is 78.0 Å². The van der Waals surface area contributed by atoms with Crippen molar-refractivity contribution in [1.29, 1.82) is 0 Å². The second-order valence-corrected chi connectivity index (χ2v) is 13.1. The number of halogens is 3. The number of hydroxylamine groups is 3. The minimum absolute atomic E-state index is 0. The van der Waals surface area contributed by atoms with Crippen LogP contribution in [-0.2, 0) is 37.0 Å². The van der Waals surface area contributed by atoms with E-state index in [0.29, 0.717) is 37.3 Å². The zero-order chi connectivity index (χ0) is 32.7. The van der Waals surface area contributed by atoms with Gasteiger partial charge in [-0.1, -0.05) is 70.2 Å². The van der Waals surface area contributed by atoms with Crippen molar-refractivity contribution in [3.8, 4) is 0 Å². The summed E-state index contributed by atoms with van der Waals surface area (Å²) in [6.07, 6.45) is -0.835. The van der Waals surface area contributed by atoms with Crippen molar-refractivity contribution >= 4 is 21.5 Å². The summed E-state index contributed by atoms with van der Waals surface area (Å²) in [7, 11) is -2.75. The van der Waals surface area contributed by atoms with E-state index in [-0.39, 0.29) is 36.0 Å². The lowest BCUT2D eigenvalue weighted by molar-refractivity contribution is -1.11. The molecular weight excluding hydrogens is 619 g/mol. The number of hydrogen-bond acceptors (Lipinski definition) is 6. The van der Waals surface area contributed by atoms with E-state index in [2.05, 4.69) is 28.8 Å². The standard InChI is InChI=1S/C33H41F3N3O5S.CH4/c1-4-6-19-39(20-11-14-24-12-8-7-9-13-24)23-29(40)31(32(43-3)44-39)28(5-2)25-15-10-16-27(21-25)38-45(41,42)30-18-17-26(22-37-30)33(34,35)36;/h7-10,12-13,15-18,21-22,28,31-32,38H,4-6,11,14,19-20,23H2,1-3H3;1H4/q+1;. The normalized spacial score (nSPS) is 21.0. The van der Waals surface area contributed by atoms with Gasteiger partial charge in [0, 0.05) is 25.4 Å². The van der Waals surface area contributed by atoms with E-state index in [1.807, 2.05) is 31.2 Å². The molecule has 1 aliphatic rings. The first-order chi connectivity index (χ1) is 21.4. The number of pyridine rings is 1. The third kappa shape index (κ3) is 9.15. The highest BCUT2D eigenvalue weighted by Crippen LogP contribution is 2.39. The van der Waals surface area contributed by atoms with Crippen LogP contribution < -0.4 is 4.72 Å². The van der Waals surface area contributed by atoms with Crippen molar-refractivity contribution in [2.45, 2.75) is 76.8 Å². The van der Waals surface area contributed by atoms with Crippen LogP contribution in [0.3, 0.4) is 0 Å². The van der Waals surface area contributed by atoms with Gasteiger partial charge in [-0.3, -0.25) is 9.52 Å². The highest BCUT2D eigenvalue weighted by Gasteiger charge is 2.50. The van der Waals surface area contributed by atoms with Crippen LogP contribution in [0.5, 0.6) is 0 Å². The molecule has 1 saturated heterocycles. The monoisotopic (exact) mass is 664 g/mol. The molecule has 0 aliphatic carbocycles. The fourth-order valence-corrected chi connectivity index (χ4v) is 6.93. The quantitative estimate of drug-likeness (QED) is 0.181. The molecule has 1 aromatic heterocycles. The fraction of sp³-hybridized carbons (Fsp3) is 0.471. The smallest absolute Gasteiger partial charge is 0.350 e. The van der Waals surface area contributed by atoms with Crippen LogP contribution in [0, 0.1) is 5.92 Å². The molecule has 46 heavy (non-hydrogen) atoms. The van der Waals surface area contributed by atoms with Gasteiger partial charge < -0.3 is 4.74 Å². The molecule has 2 aromatic carbocycles. The summed E-state index contributed by atoms with van der Waals surface area (Å²) < 4.78 is 73.1. The van der Waals surface area contributed by atoms with E-state index in [9.17, 15) is 26.4 Å². The number of alkyl halides is 3. The summed E-state index contributed by atoms with van der Waals surface area (Å²) in [5.41, 5.74) is 1.08. The predicted molar refractivity (Wildman–Crippen MR) is 171 cm³/mol. The van der Waals surface area contributed by atoms with Gasteiger partial charge in [0.05, 0.1) is 11.5 Å². The molecule has 0 spiro atoms. The number of anilines is 1. The molecule has 12 heteroatoms. The topological polar surface area (TPSA) is 94.6 Å². The van der Waals surface area contributed by atoms with E-state index >= 15 is 0 Å². The van der Waals surface area contributed by atoms with E-state index in [1.165, 1.54) is 18.7 Å². The summed E-state index contributed by atoms with van der Waals surface area (Å²) in [5, 5.41) is -0.545. The molecule has 252 valence electrons. The maximum atomic E-state index is 14.0. The molecule has 8 nitrogen and oxygen atoms in total. The molecule has 0 amide bonds. The second kappa shape index (κ2) is 16.0. The molecule has 2 heterocycles. The van der Waals surface area contributed by atoms with Crippen LogP contribution in [0.2, 0.25) is 0 Å². The number of hydrogen-bond donors (Lipinski definition) is 1. The molecule has 1 N–H and O–H groups in total. The average molecular weight is 665 g/mol. The van der Waals surface area contributed by atoms with Gasteiger partial charge in [-0.05, 0) is 60.6 Å². The number of aromatic nitrogens is 1. The number of ketones is 1. The van der Waals surface area contributed by atoms with E-state index < -0.39 is 39.0 Å². The van der Waals surface area contributed by atoms with Crippen molar-refractivity contribution in [3.63, 3.8) is 0 Å². The Bertz CT molecular complexity index is 1520. The zero-order valence-electron chi connectivity index (χ0n) is 25.8. The first-order valence-corrected chi connectivity index (χ1v) is 16.7. The lowest BCUT2D eigenvalue weighted by Crippen LogP contribution is -2.62. The first-order valence-electron chi connectivity index (χ1n) is 15.2. The number of nitrogens with zero attached hydrogens (tertiary/aromatic N) is 2. The first kappa shape index (κ1) is 37.1. The van der Waals surface area contributed by atoms with Gasteiger partial charge in [0.1, 0.15) is 13.1 Å². The molecule has 0 radical (unpaired) electrons. The Morgan fingerprint density at radius 2 is 1.76 bits per heavy atom. The molecule has 1 aliphatic heterocycles. The van der Waals surface area contributed by atoms with Crippen LogP contribution in [0.1, 0.15) is 69.6 Å². The van der Waals surface area contributed by atoms with E-state index in [0.717, 1.165) is 31.7 Å². The number of carbonyl (C=O) groups is 1. The van der Waals surface area contributed by atoms with Crippen molar-refractivity contribution in [1.82, 2.24) is 4.98 Å². The van der Waals surface area contributed by atoms with Gasteiger partial charge in [0.15, 0.2) is 17.4 Å². The Balaban J connectivity index is 0.00000576. The maximum absolute atomic E-state index is 14.0. The van der Waals surface area contributed by atoms with Crippen LogP contribution in [-0.4, -0.2) is 56.9 Å². The Kier molecular flexibility index (Phi) is 12.9. The number of methoxy groups -OCH3 is 1. The lowest BCUT2D eigenvalue weighted by Gasteiger charge is -2.45. The summed E-state index contributed by atoms with van der Waals surface area (Å²) >= 11 is 0. The fourth-order valence-electron chi connectivity index (χ4n) is 5.95. The SMILES string of the molecule is C.CCCC[N+]1(CCCc2ccccc2)CC(=O)C(C(CC)c2cccc(NS(=O)(=O)c3ccc(C(F)(F)F)cn3)c2)C(OC)O1. The maximum Gasteiger partial charge on any atom is 0.417 e. The predicted octanol–water partition coefficient (Wildman–Crippen LogP) is 7.38. The molecule has 0 bridgehead atoms. The number of Topliss-reactive ketones (excluding diaryl/α,β-unsaturated/α-hetero) is 1. The Morgan fingerprint density at radius 1 is 1.04 bits per heavy atom. The summed E-state index contributed by atoms with van der Waals surface area (Å²) in [6, 6.07) is 18.3. The number of ether oxygens (including phenoxy) is 1. The highest BCUT2D eigenvalue weighted by atomic mass is 32.2. The second-order valence-electron chi connectivity index (χ2n) is 11.4. The van der Waals surface area contributed by atoms with Gasteiger partial charge in [-0.25, -0.2) is 4.98 Å². The third-order valence-corrected chi connectivity index (χ3v) is 9.54. The Hall–Kier alpha value is -3.32. The van der Waals surface area contributed by atoms with Crippen molar-refractivity contribution in [3.05, 3.63) is 89.6 Å². The van der Waals surface area contributed by atoms with Crippen molar-refractivity contribution in [2.24, 2.45) is 5.92 Å². The average Bonchev–Trinajstić information content (AvgIpc) is 3.01. The number of sulfonamides is 1. The molecule has 4 unspecified atom stereocenters. The number of nitrogens with one attached hydrogen (secondary N) is 1. The molecule has 3 aromatic rings. The number of rotatable bonds is 14. The van der Waals surface area contributed by atoms with Gasteiger partial charge >= 0.3 is 6.18 Å². The largest absolute Gasteiger partial charge is 0.417 e. The van der Waals surface area contributed by atoms with Gasteiger partial charge in [-0.2, -0.15) is 31.1 Å². The molecule has 0 saturated carbocycles. The summed E-state index contributed by atoms with van der Waals surface area (Å²) in [5.74, 6) is -0.935. The van der Waals surface area contributed by atoms with Gasteiger partial charge in [-0.15, -0.1) is 0 Å². The number of benzene rings is 2. The van der Waals surface area contributed by atoms with Gasteiger partial charge in [0.25, 0.3) is 10.0 Å². The molecule has 4 rings (SSSR count). The number of carbonyl (C=O) groups excluding carboxylic acids is 1. The van der Waals surface area contributed by atoms with Crippen LogP contribution >= 0.6 is 0 Å². The van der Waals surface area contributed by atoms with Crippen molar-refractivity contribution in [2.75, 3.05) is 31.5 Å². The lowest BCUT2D eigenvalue weighted by atomic mass is 9.80. The zero-order valence-corrected chi connectivity index (χ0v) is 26.6.